The predicted octanol–water partition coefficient (Wildman–Crippen LogP) is 4.84. The average molecular weight is 690 g/mol. The van der Waals surface area contributed by atoms with E-state index in [0.717, 1.165) is 48.5 Å². The van der Waals surface area contributed by atoms with Crippen LogP contribution in [0.25, 0.3) is 11.5 Å². The van der Waals surface area contributed by atoms with Crippen molar-refractivity contribution in [3.63, 3.8) is 0 Å². The third kappa shape index (κ3) is 13.2. The number of ether oxygens (including phenoxy) is 4. The summed E-state index contributed by atoms with van der Waals surface area (Å²) < 4.78 is 24.0. The van der Waals surface area contributed by atoms with E-state index in [-0.39, 0.29) is 25.0 Å². The second kappa shape index (κ2) is 21.2. The molecule has 2 aromatic carbocycles. The number of nitrogens with one attached hydrogen (secondary N) is 2. The van der Waals surface area contributed by atoms with Crippen LogP contribution in [0.1, 0.15) is 66.8 Å². The summed E-state index contributed by atoms with van der Waals surface area (Å²) in [7, 11) is 1.88. The molecule has 1 atom stereocenters. The van der Waals surface area contributed by atoms with Gasteiger partial charge < -0.3 is 39.3 Å². The van der Waals surface area contributed by atoms with E-state index >= 15 is 0 Å². The highest BCUT2D eigenvalue weighted by atomic mass is 16.5. The van der Waals surface area contributed by atoms with E-state index in [1.54, 1.807) is 18.3 Å². The molecule has 3 N–H and O–H groups in total. The zero-order valence-electron chi connectivity index (χ0n) is 28.8. The number of aromatic nitrogens is 5. The summed E-state index contributed by atoms with van der Waals surface area (Å²) in [5, 5.41) is 23.5. The minimum absolute atomic E-state index is 0.00178. The van der Waals surface area contributed by atoms with Crippen LogP contribution in [0.2, 0.25) is 0 Å². The first-order valence-corrected chi connectivity index (χ1v) is 16.9. The number of carboxylic acids is 1. The van der Waals surface area contributed by atoms with Gasteiger partial charge >= 0.3 is 5.97 Å². The van der Waals surface area contributed by atoms with Gasteiger partial charge in [-0.1, -0.05) is 24.6 Å². The maximum absolute atomic E-state index is 13.2. The van der Waals surface area contributed by atoms with Crippen LogP contribution in [-0.4, -0.2) is 88.0 Å². The number of hydrogen-bond acceptors (Lipinski definition) is 11. The normalized spacial score (nSPS) is 11.6. The van der Waals surface area contributed by atoms with Gasteiger partial charge in [0.15, 0.2) is 11.6 Å². The van der Waals surface area contributed by atoms with Crippen LogP contribution in [-0.2, 0) is 32.6 Å². The standard InChI is InChI=1S/C36H47N7O7/c1-27(28-9-8-12-31(24-28)50-17-6-4-3-5-16-47-19-21-49-22-20-48-18-14-34(44)45)40-36(46)29-10-7-11-30(23-29)38-25-33-41-42-35(43(33)2)32-13-15-37-26-39-32/h7-13,15,23-24,26-27,38H,3-6,14,16-22,25H2,1-2H3,(H,40,46)(H,44,45)/t27-/m1/s1. The minimum Gasteiger partial charge on any atom is -0.494 e. The molecule has 0 saturated heterocycles. The van der Waals surface area contributed by atoms with Gasteiger partial charge in [0.1, 0.15) is 17.8 Å². The monoisotopic (exact) mass is 689 g/mol. The Morgan fingerprint density at radius 1 is 0.860 bits per heavy atom. The number of carbonyl (C=O) groups is 2. The molecule has 0 saturated carbocycles. The average Bonchev–Trinajstić information content (AvgIpc) is 3.50. The van der Waals surface area contributed by atoms with Gasteiger partial charge in [0, 0.05) is 31.1 Å². The van der Waals surface area contributed by atoms with E-state index in [1.165, 1.54) is 6.33 Å². The lowest BCUT2D eigenvalue weighted by molar-refractivity contribution is -0.138. The number of benzene rings is 2. The fraction of sp³-hybridized carbons (Fsp3) is 0.444. The fourth-order valence-corrected chi connectivity index (χ4v) is 4.90. The van der Waals surface area contributed by atoms with Crippen LogP contribution in [0.5, 0.6) is 5.75 Å². The Bertz CT molecular complexity index is 1600. The molecule has 2 heterocycles. The number of rotatable bonds is 24. The van der Waals surface area contributed by atoms with E-state index in [2.05, 4.69) is 30.8 Å². The van der Waals surface area contributed by atoms with Crippen LogP contribution >= 0.6 is 0 Å². The number of hydrogen-bond donors (Lipinski definition) is 3. The van der Waals surface area contributed by atoms with Crippen molar-refractivity contribution in [2.75, 3.05) is 51.6 Å². The van der Waals surface area contributed by atoms with Gasteiger partial charge in [0.05, 0.1) is 58.6 Å². The molecule has 0 bridgehead atoms. The Kier molecular flexibility index (Phi) is 16.1. The molecule has 0 spiro atoms. The first-order valence-electron chi connectivity index (χ1n) is 16.9. The molecule has 0 aliphatic rings. The van der Waals surface area contributed by atoms with E-state index in [0.29, 0.717) is 63.3 Å². The Morgan fingerprint density at radius 3 is 2.36 bits per heavy atom. The van der Waals surface area contributed by atoms with Crippen LogP contribution in [0, 0.1) is 0 Å². The summed E-state index contributed by atoms with van der Waals surface area (Å²) in [6.07, 6.45) is 7.14. The van der Waals surface area contributed by atoms with Gasteiger partial charge in [-0.05, 0) is 68.1 Å². The lowest BCUT2D eigenvalue weighted by atomic mass is 10.1. The molecule has 4 aromatic rings. The molecule has 268 valence electrons. The molecular formula is C36H47N7O7. The Hall–Kier alpha value is -4.92. The summed E-state index contributed by atoms with van der Waals surface area (Å²) >= 11 is 0. The smallest absolute Gasteiger partial charge is 0.305 e. The molecule has 1 amide bonds. The van der Waals surface area contributed by atoms with Gasteiger partial charge in [0.25, 0.3) is 5.91 Å². The highest BCUT2D eigenvalue weighted by Crippen LogP contribution is 2.21. The van der Waals surface area contributed by atoms with Gasteiger partial charge in [-0.25, -0.2) is 9.97 Å². The quantitative estimate of drug-likeness (QED) is 0.0857. The van der Waals surface area contributed by atoms with E-state index < -0.39 is 5.97 Å². The highest BCUT2D eigenvalue weighted by Gasteiger charge is 2.14. The lowest BCUT2D eigenvalue weighted by Crippen LogP contribution is -2.26. The number of unbranched alkanes of at least 4 members (excludes halogenated alkanes) is 3. The Morgan fingerprint density at radius 2 is 1.60 bits per heavy atom. The molecule has 50 heavy (non-hydrogen) atoms. The number of aliphatic carboxylic acids is 1. The van der Waals surface area contributed by atoms with Crippen molar-refractivity contribution in [3.05, 3.63) is 84.1 Å². The first kappa shape index (κ1) is 37.9. The van der Waals surface area contributed by atoms with Gasteiger partial charge in [0.2, 0.25) is 0 Å². The first-order chi connectivity index (χ1) is 24.4. The van der Waals surface area contributed by atoms with Gasteiger partial charge in [-0.2, -0.15) is 0 Å². The van der Waals surface area contributed by atoms with Crippen molar-refractivity contribution in [2.24, 2.45) is 7.05 Å². The zero-order valence-corrected chi connectivity index (χ0v) is 28.8. The summed E-state index contributed by atoms with van der Waals surface area (Å²) in [6, 6.07) is 16.7. The topological polar surface area (TPSA) is 172 Å². The summed E-state index contributed by atoms with van der Waals surface area (Å²) in [6.45, 7) is 5.69. The van der Waals surface area contributed by atoms with Crippen molar-refractivity contribution in [2.45, 2.75) is 51.6 Å². The SMILES string of the molecule is C[C@@H](NC(=O)c1cccc(NCc2nnc(-c3ccncn3)n2C)c1)c1cccc(OCCCCCCOCCOCCOCCC(=O)O)c1. The van der Waals surface area contributed by atoms with Crippen LogP contribution in [0.15, 0.2) is 67.1 Å². The molecule has 0 fully saturated rings. The fourth-order valence-electron chi connectivity index (χ4n) is 4.90. The minimum atomic E-state index is -0.869. The van der Waals surface area contributed by atoms with Crippen molar-refractivity contribution in [1.82, 2.24) is 30.0 Å². The van der Waals surface area contributed by atoms with Gasteiger partial charge in [-0.15, -0.1) is 10.2 Å². The number of anilines is 1. The maximum Gasteiger partial charge on any atom is 0.305 e. The predicted molar refractivity (Wildman–Crippen MR) is 187 cm³/mol. The van der Waals surface area contributed by atoms with Crippen molar-refractivity contribution in [1.29, 1.82) is 0 Å². The Balaban J connectivity index is 1.09. The Labute approximate surface area is 292 Å². The number of carbonyl (C=O) groups excluding carboxylic acids is 1. The zero-order chi connectivity index (χ0) is 35.4. The molecule has 0 aliphatic carbocycles. The highest BCUT2D eigenvalue weighted by molar-refractivity contribution is 5.95. The largest absolute Gasteiger partial charge is 0.494 e. The number of amides is 1. The van der Waals surface area contributed by atoms with Crippen LogP contribution < -0.4 is 15.4 Å². The molecule has 0 aliphatic heterocycles. The van der Waals surface area contributed by atoms with Crippen molar-refractivity contribution >= 4 is 17.6 Å². The van der Waals surface area contributed by atoms with E-state index in [1.807, 2.05) is 61.0 Å². The van der Waals surface area contributed by atoms with Crippen LogP contribution in [0.4, 0.5) is 5.69 Å². The number of carboxylic acid groups (broad SMARTS) is 1. The van der Waals surface area contributed by atoms with Gasteiger partial charge in [-0.3, -0.25) is 9.59 Å². The maximum atomic E-state index is 13.2. The summed E-state index contributed by atoms with van der Waals surface area (Å²) in [5.41, 5.74) is 2.99. The second-order valence-electron chi connectivity index (χ2n) is 11.5. The molecule has 2 aromatic heterocycles. The summed E-state index contributed by atoms with van der Waals surface area (Å²) in [5.74, 6) is 1.11. The lowest BCUT2D eigenvalue weighted by Gasteiger charge is -2.16. The molecule has 0 radical (unpaired) electrons. The third-order valence-electron chi connectivity index (χ3n) is 7.71. The molecule has 14 heteroatoms. The van der Waals surface area contributed by atoms with E-state index in [4.69, 9.17) is 24.1 Å². The van der Waals surface area contributed by atoms with Crippen molar-refractivity contribution in [3.8, 4) is 17.3 Å². The van der Waals surface area contributed by atoms with Crippen LogP contribution in [0.3, 0.4) is 0 Å². The van der Waals surface area contributed by atoms with Crippen molar-refractivity contribution < 1.29 is 33.6 Å². The summed E-state index contributed by atoms with van der Waals surface area (Å²) in [4.78, 5) is 31.8. The molecular weight excluding hydrogens is 642 g/mol. The van der Waals surface area contributed by atoms with E-state index in [9.17, 15) is 9.59 Å². The molecule has 0 unspecified atom stereocenters. The second-order valence-corrected chi connectivity index (χ2v) is 11.5. The number of nitrogens with zero attached hydrogens (tertiary/aromatic N) is 5. The molecule has 14 nitrogen and oxygen atoms in total. The molecule has 4 rings (SSSR count). The third-order valence-corrected chi connectivity index (χ3v) is 7.71.